The first-order valence-electron chi connectivity index (χ1n) is 5.96. The lowest BCUT2D eigenvalue weighted by atomic mass is 9.98. The molecule has 0 spiro atoms. The Hall–Kier alpha value is -1.06. The molecular weight excluding hydrogens is 236 g/mol. The molecule has 2 rings (SSSR count). The summed E-state index contributed by atoms with van der Waals surface area (Å²) in [5.41, 5.74) is 3.72. The van der Waals surface area contributed by atoms with Crippen LogP contribution in [-0.4, -0.2) is 29.8 Å². The molecule has 1 aromatic carbocycles. The minimum absolute atomic E-state index is 0.185. The van der Waals surface area contributed by atoms with Crippen molar-refractivity contribution in [3.05, 3.63) is 29.3 Å². The average Bonchev–Trinajstić information content (AvgIpc) is 2.35. The number of fused-ring (bicyclic) bond motifs is 1. The molecule has 1 heterocycles. The Bertz CT molecular complexity index is 420. The van der Waals surface area contributed by atoms with Gasteiger partial charge in [0.1, 0.15) is 0 Å². The normalized spacial score (nSPS) is 15.4. The van der Waals surface area contributed by atoms with E-state index < -0.39 is 0 Å². The SMILES string of the molecule is CCN1CCc2cccc(NCC(=O)Cl)c2C1. The van der Waals surface area contributed by atoms with Gasteiger partial charge >= 0.3 is 0 Å². The predicted octanol–water partition coefficient (Wildman–Crippen LogP) is 2.24. The number of likely N-dealkylation sites (N-methyl/N-ethyl adjacent to an activating group) is 1. The van der Waals surface area contributed by atoms with Gasteiger partial charge in [0.15, 0.2) is 0 Å². The van der Waals surface area contributed by atoms with Gasteiger partial charge in [-0.1, -0.05) is 19.1 Å². The second-order valence-corrected chi connectivity index (χ2v) is 4.69. The van der Waals surface area contributed by atoms with Crippen molar-refractivity contribution >= 4 is 22.5 Å². The van der Waals surface area contributed by atoms with Gasteiger partial charge in [0.05, 0.1) is 6.54 Å². The van der Waals surface area contributed by atoms with Crippen LogP contribution in [0.15, 0.2) is 18.2 Å². The van der Waals surface area contributed by atoms with Gasteiger partial charge in [-0.25, -0.2) is 0 Å². The van der Waals surface area contributed by atoms with Crippen molar-refractivity contribution in [2.24, 2.45) is 0 Å². The Kier molecular flexibility index (Phi) is 4.02. The average molecular weight is 253 g/mol. The lowest BCUT2D eigenvalue weighted by Crippen LogP contribution is -2.31. The highest BCUT2D eigenvalue weighted by molar-refractivity contribution is 6.64. The number of carbonyl (C=O) groups is 1. The second kappa shape index (κ2) is 5.52. The summed E-state index contributed by atoms with van der Waals surface area (Å²) in [6, 6.07) is 6.20. The first-order valence-corrected chi connectivity index (χ1v) is 6.34. The summed E-state index contributed by atoms with van der Waals surface area (Å²) < 4.78 is 0. The maximum atomic E-state index is 10.8. The van der Waals surface area contributed by atoms with E-state index in [1.165, 1.54) is 11.1 Å². The van der Waals surface area contributed by atoms with Gasteiger partial charge in [0, 0.05) is 18.8 Å². The smallest absolute Gasteiger partial charge is 0.240 e. The maximum Gasteiger partial charge on any atom is 0.240 e. The first-order chi connectivity index (χ1) is 8.20. The molecule has 0 saturated heterocycles. The highest BCUT2D eigenvalue weighted by Crippen LogP contribution is 2.26. The summed E-state index contributed by atoms with van der Waals surface area (Å²) in [6.45, 7) is 5.47. The van der Waals surface area contributed by atoms with E-state index in [-0.39, 0.29) is 11.8 Å². The summed E-state index contributed by atoms with van der Waals surface area (Å²) in [5.74, 6) is 0. The van der Waals surface area contributed by atoms with Gasteiger partial charge in [-0.3, -0.25) is 9.69 Å². The number of hydrogen-bond acceptors (Lipinski definition) is 3. The fraction of sp³-hybridized carbons (Fsp3) is 0.462. The molecule has 1 N–H and O–H groups in total. The molecule has 4 heteroatoms. The molecule has 1 aliphatic heterocycles. The zero-order valence-electron chi connectivity index (χ0n) is 10.0. The Balaban J connectivity index is 2.19. The minimum atomic E-state index is -0.356. The van der Waals surface area contributed by atoms with Crippen LogP contribution in [0, 0.1) is 0 Å². The highest BCUT2D eigenvalue weighted by atomic mass is 35.5. The van der Waals surface area contributed by atoms with E-state index in [4.69, 9.17) is 11.6 Å². The zero-order valence-corrected chi connectivity index (χ0v) is 10.8. The van der Waals surface area contributed by atoms with Crippen molar-refractivity contribution in [2.45, 2.75) is 19.9 Å². The van der Waals surface area contributed by atoms with E-state index in [2.05, 4.69) is 23.2 Å². The maximum absolute atomic E-state index is 10.8. The van der Waals surface area contributed by atoms with Crippen molar-refractivity contribution in [1.29, 1.82) is 0 Å². The number of rotatable bonds is 4. The topological polar surface area (TPSA) is 32.3 Å². The summed E-state index contributed by atoms with van der Waals surface area (Å²) >= 11 is 5.35. The number of nitrogens with one attached hydrogen (secondary N) is 1. The molecule has 0 unspecified atom stereocenters. The standard InChI is InChI=1S/C13H17ClN2O/c1-2-16-7-6-10-4-3-5-12(11(10)9-16)15-8-13(14)17/h3-5,15H,2,6-9H2,1H3. The molecule has 1 aliphatic rings. The second-order valence-electron chi connectivity index (χ2n) is 4.27. The molecule has 17 heavy (non-hydrogen) atoms. The van der Waals surface area contributed by atoms with Crippen LogP contribution in [0.1, 0.15) is 18.1 Å². The minimum Gasteiger partial charge on any atom is -0.376 e. The van der Waals surface area contributed by atoms with Gasteiger partial charge in [-0.2, -0.15) is 0 Å². The number of nitrogens with zero attached hydrogens (tertiary/aromatic N) is 1. The van der Waals surface area contributed by atoms with Crippen LogP contribution in [0.2, 0.25) is 0 Å². The van der Waals surface area contributed by atoms with Gasteiger partial charge in [-0.15, -0.1) is 0 Å². The zero-order chi connectivity index (χ0) is 12.3. The number of hydrogen-bond donors (Lipinski definition) is 1. The third kappa shape index (κ3) is 2.99. The van der Waals surface area contributed by atoms with Crippen LogP contribution in [0.25, 0.3) is 0 Å². The number of anilines is 1. The molecule has 0 atom stereocenters. The molecule has 0 saturated carbocycles. The quantitative estimate of drug-likeness (QED) is 0.835. The summed E-state index contributed by atoms with van der Waals surface area (Å²) in [6.07, 6.45) is 1.08. The van der Waals surface area contributed by atoms with Crippen molar-refractivity contribution in [3.63, 3.8) is 0 Å². The monoisotopic (exact) mass is 252 g/mol. The van der Waals surface area contributed by atoms with Gasteiger partial charge in [0.2, 0.25) is 5.24 Å². The number of benzene rings is 1. The lowest BCUT2D eigenvalue weighted by Gasteiger charge is -2.29. The van der Waals surface area contributed by atoms with E-state index in [9.17, 15) is 4.79 Å². The van der Waals surface area contributed by atoms with Gasteiger partial charge in [-0.05, 0) is 41.8 Å². The predicted molar refractivity (Wildman–Crippen MR) is 70.4 cm³/mol. The van der Waals surface area contributed by atoms with Crippen LogP contribution >= 0.6 is 11.6 Å². The summed E-state index contributed by atoms with van der Waals surface area (Å²) in [4.78, 5) is 13.2. The van der Waals surface area contributed by atoms with Crippen LogP contribution in [0.4, 0.5) is 5.69 Å². The highest BCUT2D eigenvalue weighted by Gasteiger charge is 2.17. The third-order valence-corrected chi connectivity index (χ3v) is 3.35. The first kappa shape index (κ1) is 12.4. The van der Waals surface area contributed by atoms with Crippen LogP contribution < -0.4 is 5.32 Å². The van der Waals surface area contributed by atoms with Crippen LogP contribution in [-0.2, 0) is 17.8 Å². The Morgan fingerprint density at radius 2 is 2.35 bits per heavy atom. The number of halogens is 1. The molecule has 0 aliphatic carbocycles. The van der Waals surface area contributed by atoms with E-state index in [1.807, 2.05) is 12.1 Å². The molecule has 3 nitrogen and oxygen atoms in total. The molecule has 0 aromatic heterocycles. The molecule has 0 radical (unpaired) electrons. The van der Waals surface area contributed by atoms with E-state index >= 15 is 0 Å². The Morgan fingerprint density at radius 3 is 3.06 bits per heavy atom. The largest absolute Gasteiger partial charge is 0.376 e. The molecule has 0 amide bonds. The van der Waals surface area contributed by atoms with Crippen LogP contribution in [0.5, 0.6) is 0 Å². The van der Waals surface area contributed by atoms with E-state index in [1.54, 1.807) is 0 Å². The van der Waals surface area contributed by atoms with Gasteiger partial charge in [0.25, 0.3) is 0 Å². The molecule has 0 bridgehead atoms. The van der Waals surface area contributed by atoms with Gasteiger partial charge < -0.3 is 5.32 Å². The van der Waals surface area contributed by atoms with Crippen molar-refractivity contribution < 1.29 is 4.79 Å². The number of carbonyl (C=O) groups excluding carboxylic acids is 1. The fourth-order valence-electron chi connectivity index (χ4n) is 2.24. The van der Waals surface area contributed by atoms with E-state index in [0.717, 1.165) is 31.7 Å². The van der Waals surface area contributed by atoms with Crippen molar-refractivity contribution in [1.82, 2.24) is 4.90 Å². The Labute approximate surface area is 107 Å². The van der Waals surface area contributed by atoms with Crippen molar-refractivity contribution in [3.8, 4) is 0 Å². The summed E-state index contributed by atoms with van der Waals surface area (Å²) in [5, 5.41) is 2.75. The molecular formula is C13H17ClN2O. The summed E-state index contributed by atoms with van der Waals surface area (Å²) in [7, 11) is 0. The third-order valence-electron chi connectivity index (χ3n) is 3.22. The molecule has 0 fully saturated rings. The molecule has 92 valence electrons. The van der Waals surface area contributed by atoms with Crippen LogP contribution in [0.3, 0.4) is 0 Å². The van der Waals surface area contributed by atoms with E-state index in [0.29, 0.717) is 0 Å². The Morgan fingerprint density at radius 1 is 1.53 bits per heavy atom. The fourth-order valence-corrected chi connectivity index (χ4v) is 2.30. The molecule has 1 aromatic rings. The van der Waals surface area contributed by atoms with Crippen molar-refractivity contribution in [2.75, 3.05) is 25.0 Å². The lowest BCUT2D eigenvalue weighted by molar-refractivity contribution is -0.110.